The van der Waals surface area contributed by atoms with Crippen LogP contribution >= 0.6 is 0 Å². The normalized spacial score (nSPS) is 16.8. The van der Waals surface area contributed by atoms with Crippen molar-refractivity contribution < 1.29 is 5.11 Å². The molecule has 78 valence electrons. The molecule has 0 aromatic heterocycles. The van der Waals surface area contributed by atoms with E-state index in [-0.39, 0.29) is 0 Å². The molecule has 0 amide bonds. The Balaban J connectivity index is 3.83. The molecule has 0 aliphatic heterocycles. The summed E-state index contributed by atoms with van der Waals surface area (Å²) in [6.45, 7) is 14.1. The van der Waals surface area contributed by atoms with Crippen LogP contribution in [-0.2, 0) is 0 Å². The first-order valence-electron chi connectivity index (χ1n) is 5.13. The van der Waals surface area contributed by atoms with Crippen molar-refractivity contribution >= 4 is 0 Å². The topological polar surface area (TPSA) is 20.2 Å². The predicted molar refractivity (Wildman–Crippen MR) is 58.7 cm³/mol. The van der Waals surface area contributed by atoms with Crippen molar-refractivity contribution in [3.8, 4) is 0 Å². The molecule has 0 heterocycles. The van der Waals surface area contributed by atoms with E-state index < -0.39 is 5.60 Å². The van der Waals surface area contributed by atoms with Crippen LogP contribution in [-0.4, -0.2) is 10.7 Å². The summed E-state index contributed by atoms with van der Waals surface area (Å²) < 4.78 is 0. The number of hydrogen-bond donors (Lipinski definition) is 1. The zero-order chi connectivity index (χ0) is 10.6. The Hall–Kier alpha value is -0.300. The van der Waals surface area contributed by atoms with Crippen molar-refractivity contribution in [1.82, 2.24) is 0 Å². The fourth-order valence-electron chi connectivity index (χ4n) is 1.10. The van der Waals surface area contributed by atoms with Crippen molar-refractivity contribution in [3.63, 3.8) is 0 Å². The van der Waals surface area contributed by atoms with E-state index in [1.807, 2.05) is 13.8 Å². The summed E-state index contributed by atoms with van der Waals surface area (Å²) in [5.41, 5.74) is 0.692. The third kappa shape index (κ3) is 5.09. The number of rotatable bonds is 5. The van der Waals surface area contributed by atoms with Crippen molar-refractivity contribution in [2.45, 2.75) is 53.1 Å². The van der Waals surface area contributed by atoms with E-state index in [4.69, 9.17) is 0 Å². The highest BCUT2D eigenvalue weighted by molar-refractivity contribution is 4.94. The minimum Gasteiger partial charge on any atom is -0.390 e. The molecule has 0 spiro atoms. The summed E-state index contributed by atoms with van der Waals surface area (Å²) in [7, 11) is 0. The van der Waals surface area contributed by atoms with Gasteiger partial charge in [-0.3, -0.25) is 0 Å². The minimum absolute atomic E-state index is 0.356. The van der Waals surface area contributed by atoms with Gasteiger partial charge in [0.05, 0.1) is 5.60 Å². The monoisotopic (exact) mass is 184 g/mol. The van der Waals surface area contributed by atoms with E-state index in [0.29, 0.717) is 11.8 Å². The van der Waals surface area contributed by atoms with Crippen molar-refractivity contribution in [3.05, 3.63) is 12.2 Å². The highest BCUT2D eigenvalue weighted by atomic mass is 16.3. The number of allylic oxidation sites excluding steroid dienone is 1. The molecular formula is C12H24O. The smallest absolute Gasteiger partial charge is 0.0617 e. The lowest BCUT2D eigenvalue weighted by Gasteiger charge is -2.26. The Kier molecular flexibility index (Phi) is 4.69. The van der Waals surface area contributed by atoms with Crippen LogP contribution in [0.1, 0.15) is 47.5 Å². The van der Waals surface area contributed by atoms with Gasteiger partial charge in [0.1, 0.15) is 0 Å². The van der Waals surface area contributed by atoms with Gasteiger partial charge in [0.2, 0.25) is 0 Å². The summed E-state index contributed by atoms with van der Waals surface area (Å²) >= 11 is 0. The fourth-order valence-corrected chi connectivity index (χ4v) is 1.10. The zero-order valence-corrected chi connectivity index (χ0v) is 9.72. The van der Waals surface area contributed by atoms with E-state index in [2.05, 4.69) is 27.4 Å². The fraction of sp³-hybridized carbons (Fsp3) is 0.833. The van der Waals surface area contributed by atoms with Crippen LogP contribution in [0.3, 0.4) is 0 Å². The van der Waals surface area contributed by atoms with Gasteiger partial charge in [-0.1, -0.05) is 26.0 Å². The van der Waals surface area contributed by atoms with Crippen LogP contribution in [0.5, 0.6) is 0 Å². The molecule has 1 heteroatoms. The third-order valence-electron chi connectivity index (χ3n) is 3.08. The molecule has 0 aromatic carbocycles. The van der Waals surface area contributed by atoms with Gasteiger partial charge in [-0.05, 0) is 45.4 Å². The molecule has 0 rings (SSSR count). The summed E-state index contributed by atoms with van der Waals surface area (Å²) in [6.07, 6.45) is 2.19. The maximum Gasteiger partial charge on any atom is 0.0617 e. The first kappa shape index (κ1) is 12.7. The maximum absolute atomic E-state index is 9.72. The molecule has 0 saturated heterocycles. The predicted octanol–water partition coefficient (Wildman–Crippen LogP) is 3.39. The molecule has 2 unspecified atom stereocenters. The highest BCUT2D eigenvalue weighted by Crippen LogP contribution is 2.24. The molecular weight excluding hydrogens is 160 g/mol. The summed E-state index contributed by atoms with van der Waals surface area (Å²) in [5, 5.41) is 9.72. The second kappa shape index (κ2) is 4.80. The van der Waals surface area contributed by atoms with Gasteiger partial charge in [-0.2, -0.15) is 0 Å². The second-order valence-corrected chi connectivity index (χ2v) is 4.88. The molecule has 0 aliphatic carbocycles. The molecule has 0 aromatic rings. The first-order valence-corrected chi connectivity index (χ1v) is 5.13. The third-order valence-corrected chi connectivity index (χ3v) is 3.08. The van der Waals surface area contributed by atoms with Crippen LogP contribution in [0.25, 0.3) is 0 Å². The van der Waals surface area contributed by atoms with Gasteiger partial charge in [0, 0.05) is 0 Å². The van der Waals surface area contributed by atoms with E-state index in [9.17, 15) is 5.11 Å². The molecule has 0 bridgehead atoms. The minimum atomic E-state index is -0.547. The molecule has 0 aliphatic rings. The van der Waals surface area contributed by atoms with Crippen molar-refractivity contribution in [2.24, 2.45) is 11.8 Å². The quantitative estimate of drug-likeness (QED) is 0.649. The van der Waals surface area contributed by atoms with Crippen LogP contribution in [0.2, 0.25) is 0 Å². The van der Waals surface area contributed by atoms with Crippen molar-refractivity contribution in [2.75, 3.05) is 0 Å². The zero-order valence-electron chi connectivity index (χ0n) is 9.72. The second-order valence-electron chi connectivity index (χ2n) is 4.88. The Morgan fingerprint density at radius 2 is 1.77 bits per heavy atom. The largest absolute Gasteiger partial charge is 0.390 e. The standard InChI is InChI=1S/C12H24O/c1-9(2)10(3)7-8-11(4)12(5,6)13/h10-11,13H,1,7-8H2,2-6H3. The summed E-state index contributed by atoms with van der Waals surface area (Å²) in [4.78, 5) is 0. The van der Waals surface area contributed by atoms with Gasteiger partial charge in [0.15, 0.2) is 0 Å². The molecule has 0 fully saturated rings. The van der Waals surface area contributed by atoms with Gasteiger partial charge in [0.25, 0.3) is 0 Å². The average molecular weight is 184 g/mol. The van der Waals surface area contributed by atoms with Gasteiger partial charge < -0.3 is 5.11 Å². The van der Waals surface area contributed by atoms with Gasteiger partial charge in [-0.25, -0.2) is 0 Å². The highest BCUT2D eigenvalue weighted by Gasteiger charge is 2.22. The SMILES string of the molecule is C=C(C)C(C)CCC(C)C(C)(C)O. The molecule has 13 heavy (non-hydrogen) atoms. The van der Waals surface area contributed by atoms with Crippen LogP contribution in [0, 0.1) is 11.8 Å². The summed E-state index contributed by atoms with van der Waals surface area (Å²) in [5.74, 6) is 0.930. The van der Waals surface area contributed by atoms with Gasteiger partial charge in [-0.15, -0.1) is 0 Å². The molecule has 1 N–H and O–H groups in total. The molecule has 2 atom stereocenters. The van der Waals surface area contributed by atoms with E-state index in [1.54, 1.807) is 0 Å². The Morgan fingerprint density at radius 1 is 1.31 bits per heavy atom. The first-order chi connectivity index (χ1) is 5.75. The molecule has 0 saturated carbocycles. The Morgan fingerprint density at radius 3 is 2.08 bits per heavy atom. The lowest BCUT2D eigenvalue weighted by atomic mass is 9.85. The van der Waals surface area contributed by atoms with Crippen LogP contribution in [0.15, 0.2) is 12.2 Å². The van der Waals surface area contributed by atoms with Crippen LogP contribution in [0.4, 0.5) is 0 Å². The number of aliphatic hydroxyl groups is 1. The average Bonchev–Trinajstić information content (AvgIpc) is 1.97. The van der Waals surface area contributed by atoms with E-state index in [1.165, 1.54) is 5.57 Å². The van der Waals surface area contributed by atoms with Crippen LogP contribution < -0.4 is 0 Å². The lowest BCUT2D eigenvalue weighted by molar-refractivity contribution is 0.0195. The Bertz CT molecular complexity index is 164. The van der Waals surface area contributed by atoms with Gasteiger partial charge >= 0.3 is 0 Å². The van der Waals surface area contributed by atoms with Crippen molar-refractivity contribution in [1.29, 1.82) is 0 Å². The van der Waals surface area contributed by atoms with E-state index >= 15 is 0 Å². The molecule has 0 radical (unpaired) electrons. The summed E-state index contributed by atoms with van der Waals surface area (Å²) in [6, 6.07) is 0. The number of hydrogen-bond acceptors (Lipinski definition) is 1. The Labute approximate surface area is 82.9 Å². The lowest BCUT2D eigenvalue weighted by Crippen LogP contribution is -2.28. The maximum atomic E-state index is 9.72. The van der Waals surface area contributed by atoms with E-state index in [0.717, 1.165) is 12.8 Å². The molecule has 1 nitrogen and oxygen atoms in total.